The van der Waals surface area contributed by atoms with E-state index in [-0.39, 0.29) is 22.9 Å². The molecule has 3 aromatic rings. The van der Waals surface area contributed by atoms with Crippen LogP contribution in [-0.4, -0.2) is 27.8 Å². The number of aromatic amines is 1. The molecule has 0 spiro atoms. The Balaban J connectivity index is 1.73. The number of aromatic hydroxyl groups is 1. The van der Waals surface area contributed by atoms with Crippen LogP contribution in [0.15, 0.2) is 54.6 Å². The number of aromatic nitrogens is 2. The highest BCUT2D eigenvalue weighted by Crippen LogP contribution is 2.24. The maximum absolute atomic E-state index is 12.2. The standard InChI is InChI=1S/C17H13F2N3O3/c18-17(19)25-11-7-5-10(6-8-11)13-9-14(22-21-13)16(24)20-12-3-1-2-4-15(12)23/h1-9,17,23H,(H,20,24)(H,21,22). The molecule has 0 saturated heterocycles. The largest absolute Gasteiger partial charge is 0.506 e. The fraction of sp³-hybridized carbons (Fsp3) is 0.0588. The van der Waals surface area contributed by atoms with E-state index in [0.717, 1.165) is 0 Å². The average Bonchev–Trinajstić information content (AvgIpc) is 3.07. The Morgan fingerprint density at radius 2 is 1.88 bits per heavy atom. The first-order valence-electron chi connectivity index (χ1n) is 7.23. The van der Waals surface area contributed by atoms with Crippen LogP contribution in [0.3, 0.4) is 0 Å². The van der Waals surface area contributed by atoms with E-state index in [2.05, 4.69) is 20.3 Å². The van der Waals surface area contributed by atoms with Crippen LogP contribution in [-0.2, 0) is 0 Å². The molecule has 3 rings (SSSR count). The van der Waals surface area contributed by atoms with Crippen molar-refractivity contribution in [3.05, 3.63) is 60.3 Å². The van der Waals surface area contributed by atoms with Gasteiger partial charge in [-0.15, -0.1) is 0 Å². The average molecular weight is 345 g/mol. The van der Waals surface area contributed by atoms with Gasteiger partial charge in [-0.1, -0.05) is 12.1 Å². The van der Waals surface area contributed by atoms with Crippen molar-refractivity contribution in [2.24, 2.45) is 0 Å². The lowest BCUT2D eigenvalue weighted by Gasteiger charge is -2.05. The zero-order valence-electron chi connectivity index (χ0n) is 12.7. The summed E-state index contributed by atoms with van der Waals surface area (Å²) in [7, 11) is 0. The number of nitrogens with one attached hydrogen (secondary N) is 2. The summed E-state index contributed by atoms with van der Waals surface area (Å²) in [6.45, 7) is -2.89. The van der Waals surface area contributed by atoms with Crippen molar-refractivity contribution in [2.75, 3.05) is 5.32 Å². The van der Waals surface area contributed by atoms with Gasteiger partial charge in [0.1, 0.15) is 17.2 Å². The molecule has 0 atom stereocenters. The highest BCUT2D eigenvalue weighted by molar-refractivity contribution is 6.04. The van der Waals surface area contributed by atoms with Crippen molar-refractivity contribution in [1.82, 2.24) is 10.2 Å². The summed E-state index contributed by atoms with van der Waals surface area (Å²) < 4.78 is 28.6. The summed E-state index contributed by atoms with van der Waals surface area (Å²) in [5, 5.41) is 18.9. The van der Waals surface area contributed by atoms with Gasteiger partial charge in [0.25, 0.3) is 5.91 Å². The Morgan fingerprint density at radius 1 is 1.16 bits per heavy atom. The van der Waals surface area contributed by atoms with Gasteiger partial charge in [-0.25, -0.2) is 0 Å². The van der Waals surface area contributed by atoms with Crippen molar-refractivity contribution in [3.8, 4) is 22.8 Å². The second-order valence-electron chi connectivity index (χ2n) is 5.04. The molecule has 1 heterocycles. The lowest BCUT2D eigenvalue weighted by atomic mass is 10.1. The number of nitrogens with zero attached hydrogens (tertiary/aromatic N) is 1. The predicted octanol–water partition coefficient (Wildman–Crippen LogP) is 3.64. The molecule has 0 fully saturated rings. The second-order valence-corrected chi connectivity index (χ2v) is 5.04. The van der Waals surface area contributed by atoms with Crippen LogP contribution in [0.25, 0.3) is 11.3 Å². The van der Waals surface area contributed by atoms with E-state index in [1.807, 2.05) is 0 Å². The number of ether oxygens (including phenoxy) is 1. The van der Waals surface area contributed by atoms with Gasteiger partial charge in [0, 0.05) is 5.56 Å². The van der Waals surface area contributed by atoms with Gasteiger partial charge in [0.15, 0.2) is 0 Å². The van der Waals surface area contributed by atoms with E-state index in [9.17, 15) is 18.7 Å². The third-order valence-electron chi connectivity index (χ3n) is 3.35. The molecule has 2 aromatic carbocycles. The summed E-state index contributed by atoms with van der Waals surface area (Å²) in [5.41, 5.74) is 1.55. The number of para-hydroxylation sites is 2. The topological polar surface area (TPSA) is 87.2 Å². The molecule has 0 unspecified atom stereocenters. The monoisotopic (exact) mass is 345 g/mol. The molecule has 6 nitrogen and oxygen atoms in total. The minimum absolute atomic E-state index is 0.0341. The van der Waals surface area contributed by atoms with Gasteiger partial charge < -0.3 is 15.2 Å². The number of anilines is 1. The highest BCUT2D eigenvalue weighted by atomic mass is 19.3. The number of halogens is 2. The molecular formula is C17H13F2N3O3. The smallest absolute Gasteiger partial charge is 0.387 e. The number of rotatable bonds is 5. The van der Waals surface area contributed by atoms with Gasteiger partial charge in [-0.3, -0.25) is 9.89 Å². The maximum atomic E-state index is 12.2. The Morgan fingerprint density at radius 3 is 2.56 bits per heavy atom. The summed E-state index contributed by atoms with van der Waals surface area (Å²) in [6, 6.07) is 13.7. The van der Waals surface area contributed by atoms with Gasteiger partial charge >= 0.3 is 6.61 Å². The van der Waals surface area contributed by atoms with E-state index in [4.69, 9.17) is 0 Å². The first-order valence-corrected chi connectivity index (χ1v) is 7.23. The fourth-order valence-corrected chi connectivity index (χ4v) is 2.16. The van der Waals surface area contributed by atoms with Gasteiger partial charge in [-0.05, 0) is 42.5 Å². The van der Waals surface area contributed by atoms with Crippen LogP contribution in [0.5, 0.6) is 11.5 Å². The summed E-state index contributed by atoms with van der Waals surface area (Å²) in [4.78, 5) is 12.2. The van der Waals surface area contributed by atoms with E-state index < -0.39 is 12.5 Å². The molecule has 0 aliphatic carbocycles. The summed E-state index contributed by atoms with van der Waals surface area (Å²) in [5.74, 6) is -0.491. The molecule has 25 heavy (non-hydrogen) atoms. The lowest BCUT2D eigenvalue weighted by Crippen LogP contribution is -2.12. The predicted molar refractivity (Wildman–Crippen MR) is 86.7 cm³/mol. The first-order chi connectivity index (χ1) is 12.0. The Bertz CT molecular complexity index is 879. The normalized spacial score (nSPS) is 10.7. The van der Waals surface area contributed by atoms with Crippen molar-refractivity contribution >= 4 is 11.6 Å². The number of hydrogen-bond donors (Lipinski definition) is 3. The van der Waals surface area contributed by atoms with Crippen molar-refractivity contribution in [1.29, 1.82) is 0 Å². The Hall–Kier alpha value is -3.42. The van der Waals surface area contributed by atoms with Crippen molar-refractivity contribution in [3.63, 3.8) is 0 Å². The van der Waals surface area contributed by atoms with Crippen LogP contribution in [0, 0.1) is 0 Å². The number of H-pyrrole nitrogens is 1. The number of phenolic OH excluding ortho intramolecular Hbond substituents is 1. The molecule has 0 bridgehead atoms. The molecule has 0 aliphatic rings. The fourth-order valence-electron chi connectivity index (χ4n) is 2.16. The SMILES string of the molecule is O=C(Nc1ccccc1O)c1cc(-c2ccc(OC(F)F)cc2)n[nH]1. The van der Waals surface area contributed by atoms with E-state index >= 15 is 0 Å². The van der Waals surface area contributed by atoms with Gasteiger partial charge in [-0.2, -0.15) is 13.9 Å². The first kappa shape index (κ1) is 16.4. The molecule has 0 aliphatic heterocycles. The molecule has 0 radical (unpaired) electrons. The van der Waals surface area contributed by atoms with E-state index in [0.29, 0.717) is 11.3 Å². The van der Waals surface area contributed by atoms with Gasteiger partial charge in [0.2, 0.25) is 0 Å². The van der Waals surface area contributed by atoms with Crippen LogP contribution in [0.2, 0.25) is 0 Å². The third kappa shape index (κ3) is 3.92. The summed E-state index contributed by atoms with van der Waals surface area (Å²) >= 11 is 0. The zero-order chi connectivity index (χ0) is 17.8. The number of hydrogen-bond acceptors (Lipinski definition) is 4. The molecular weight excluding hydrogens is 332 g/mol. The molecule has 0 saturated carbocycles. The lowest BCUT2D eigenvalue weighted by molar-refractivity contribution is -0.0498. The number of amides is 1. The number of alkyl halides is 2. The van der Waals surface area contributed by atoms with Crippen LogP contribution in [0.4, 0.5) is 14.5 Å². The molecule has 128 valence electrons. The summed E-state index contributed by atoms with van der Waals surface area (Å²) in [6.07, 6.45) is 0. The number of carbonyl (C=O) groups is 1. The minimum atomic E-state index is -2.89. The van der Waals surface area contributed by atoms with Crippen molar-refractivity contribution < 1.29 is 23.4 Å². The van der Waals surface area contributed by atoms with Crippen LogP contribution < -0.4 is 10.1 Å². The highest BCUT2D eigenvalue weighted by Gasteiger charge is 2.13. The minimum Gasteiger partial charge on any atom is -0.506 e. The number of carbonyl (C=O) groups excluding carboxylic acids is 1. The van der Waals surface area contributed by atoms with Crippen molar-refractivity contribution in [2.45, 2.75) is 6.61 Å². The quantitative estimate of drug-likeness (QED) is 0.616. The van der Waals surface area contributed by atoms with Crippen LogP contribution >= 0.6 is 0 Å². The molecule has 3 N–H and O–H groups in total. The van der Waals surface area contributed by atoms with Gasteiger partial charge in [0.05, 0.1) is 11.4 Å². The number of benzene rings is 2. The Kier molecular flexibility index (Phi) is 4.60. The van der Waals surface area contributed by atoms with Crippen LogP contribution in [0.1, 0.15) is 10.5 Å². The van der Waals surface area contributed by atoms with E-state index in [1.165, 1.54) is 24.3 Å². The zero-order valence-corrected chi connectivity index (χ0v) is 12.7. The molecule has 8 heteroatoms. The maximum Gasteiger partial charge on any atom is 0.387 e. The third-order valence-corrected chi connectivity index (χ3v) is 3.35. The molecule has 1 aromatic heterocycles. The second kappa shape index (κ2) is 7.00. The van der Waals surface area contributed by atoms with E-state index in [1.54, 1.807) is 30.3 Å². The Labute approximate surface area is 141 Å². The number of phenols is 1. The molecule has 1 amide bonds.